The number of thiazole rings is 1. The molecular formula is C15H11N3S3. The van der Waals surface area contributed by atoms with Crippen LogP contribution in [0.5, 0.6) is 0 Å². The molecule has 0 amide bonds. The molecule has 0 radical (unpaired) electrons. The molecule has 0 fully saturated rings. The second-order valence-electron chi connectivity index (χ2n) is 4.50. The lowest BCUT2D eigenvalue weighted by Crippen LogP contribution is -1.82. The number of para-hydroxylation sites is 2. The Morgan fingerprint density at radius 3 is 2.90 bits per heavy atom. The molecular weight excluding hydrogens is 318 g/mol. The van der Waals surface area contributed by atoms with E-state index in [1.54, 1.807) is 34.4 Å². The molecule has 1 N–H and O–H groups in total. The standard InChI is InChI=1S/C15H11N3S3/c1-2-4-13-12(3-1)17-15(18-13)21-9-11-8-20-14(16-11)10-5-6-19-7-10/h1-8H,9H2,(H,17,18). The summed E-state index contributed by atoms with van der Waals surface area (Å²) in [5.74, 6) is 0.834. The maximum Gasteiger partial charge on any atom is 0.166 e. The molecule has 3 aromatic heterocycles. The van der Waals surface area contributed by atoms with Gasteiger partial charge in [0.25, 0.3) is 0 Å². The van der Waals surface area contributed by atoms with E-state index < -0.39 is 0 Å². The van der Waals surface area contributed by atoms with Gasteiger partial charge in [0.05, 0.1) is 16.7 Å². The zero-order valence-electron chi connectivity index (χ0n) is 10.9. The molecule has 0 saturated carbocycles. The average molecular weight is 329 g/mol. The van der Waals surface area contributed by atoms with Crippen LogP contribution in [0.25, 0.3) is 21.6 Å². The summed E-state index contributed by atoms with van der Waals surface area (Å²) in [6.07, 6.45) is 0. The summed E-state index contributed by atoms with van der Waals surface area (Å²) in [7, 11) is 0. The maximum atomic E-state index is 4.68. The fourth-order valence-corrected chi connectivity index (χ4v) is 4.45. The van der Waals surface area contributed by atoms with Gasteiger partial charge in [0.2, 0.25) is 0 Å². The Morgan fingerprint density at radius 2 is 2.05 bits per heavy atom. The highest BCUT2D eigenvalue weighted by molar-refractivity contribution is 7.98. The number of imidazole rings is 1. The summed E-state index contributed by atoms with van der Waals surface area (Å²) in [5.41, 5.74) is 4.41. The summed E-state index contributed by atoms with van der Waals surface area (Å²) in [6.45, 7) is 0. The molecule has 4 aromatic rings. The van der Waals surface area contributed by atoms with E-state index in [9.17, 15) is 0 Å². The SMILES string of the molecule is c1ccc2[nH]c(SCc3csc(-c4ccsc4)n3)nc2c1. The van der Waals surface area contributed by atoms with Gasteiger partial charge in [-0.15, -0.1) is 11.3 Å². The highest BCUT2D eigenvalue weighted by Crippen LogP contribution is 2.28. The van der Waals surface area contributed by atoms with E-state index in [0.29, 0.717) is 0 Å². The zero-order valence-corrected chi connectivity index (χ0v) is 13.4. The van der Waals surface area contributed by atoms with Crippen LogP contribution in [0.1, 0.15) is 5.69 Å². The normalized spacial score (nSPS) is 11.2. The predicted molar refractivity (Wildman–Crippen MR) is 91.1 cm³/mol. The monoisotopic (exact) mass is 329 g/mol. The molecule has 1 aromatic carbocycles. The molecule has 0 atom stereocenters. The number of nitrogens with one attached hydrogen (secondary N) is 1. The van der Waals surface area contributed by atoms with Gasteiger partial charge in [0.15, 0.2) is 5.16 Å². The van der Waals surface area contributed by atoms with Crippen molar-refractivity contribution in [2.75, 3.05) is 0 Å². The Labute approximate surface area is 134 Å². The first-order valence-electron chi connectivity index (χ1n) is 6.43. The maximum absolute atomic E-state index is 4.68. The van der Waals surface area contributed by atoms with Gasteiger partial charge in [-0.05, 0) is 23.6 Å². The third-order valence-corrected chi connectivity index (χ3v) is 5.57. The molecule has 0 aliphatic rings. The van der Waals surface area contributed by atoms with E-state index in [2.05, 4.69) is 37.2 Å². The van der Waals surface area contributed by atoms with Crippen molar-refractivity contribution in [1.29, 1.82) is 0 Å². The lowest BCUT2D eigenvalue weighted by molar-refractivity contribution is 1.07. The fourth-order valence-electron chi connectivity index (χ4n) is 2.03. The number of thiophene rings is 1. The summed E-state index contributed by atoms with van der Waals surface area (Å²) >= 11 is 5.09. The van der Waals surface area contributed by atoms with E-state index in [1.165, 1.54) is 5.56 Å². The first-order valence-corrected chi connectivity index (χ1v) is 9.24. The Balaban J connectivity index is 1.49. The van der Waals surface area contributed by atoms with E-state index in [-0.39, 0.29) is 0 Å². The summed E-state index contributed by atoms with van der Waals surface area (Å²) < 4.78 is 0. The molecule has 0 aliphatic heterocycles. The van der Waals surface area contributed by atoms with Gasteiger partial charge in [-0.2, -0.15) is 11.3 Å². The average Bonchev–Trinajstić information content (AvgIpc) is 3.23. The number of nitrogens with zero attached hydrogens (tertiary/aromatic N) is 2. The Morgan fingerprint density at radius 1 is 1.10 bits per heavy atom. The van der Waals surface area contributed by atoms with Crippen molar-refractivity contribution in [3.63, 3.8) is 0 Å². The number of H-pyrrole nitrogens is 1. The number of hydrogen-bond acceptors (Lipinski definition) is 5. The number of hydrogen-bond donors (Lipinski definition) is 1. The molecule has 3 heterocycles. The first kappa shape index (κ1) is 13.1. The van der Waals surface area contributed by atoms with E-state index in [1.807, 2.05) is 24.3 Å². The molecule has 104 valence electrons. The second-order valence-corrected chi connectivity index (χ2v) is 7.11. The molecule has 0 aliphatic carbocycles. The van der Waals surface area contributed by atoms with E-state index in [4.69, 9.17) is 0 Å². The minimum absolute atomic E-state index is 0.834. The van der Waals surface area contributed by atoms with Gasteiger partial charge in [0, 0.05) is 22.1 Å². The van der Waals surface area contributed by atoms with Crippen LogP contribution in [-0.4, -0.2) is 15.0 Å². The van der Waals surface area contributed by atoms with E-state index >= 15 is 0 Å². The van der Waals surface area contributed by atoms with Crippen molar-refractivity contribution < 1.29 is 0 Å². The van der Waals surface area contributed by atoms with Crippen LogP contribution in [0.2, 0.25) is 0 Å². The summed E-state index contributed by atoms with van der Waals surface area (Å²) in [5, 5.41) is 8.38. The van der Waals surface area contributed by atoms with Crippen molar-refractivity contribution >= 4 is 45.5 Å². The third kappa shape index (κ3) is 2.74. The van der Waals surface area contributed by atoms with Gasteiger partial charge >= 0.3 is 0 Å². The van der Waals surface area contributed by atoms with Crippen LogP contribution in [0.15, 0.2) is 51.6 Å². The van der Waals surface area contributed by atoms with Crippen molar-refractivity contribution in [2.45, 2.75) is 10.9 Å². The van der Waals surface area contributed by atoms with Crippen molar-refractivity contribution in [1.82, 2.24) is 15.0 Å². The van der Waals surface area contributed by atoms with Gasteiger partial charge in [-0.1, -0.05) is 23.9 Å². The molecule has 0 spiro atoms. The summed E-state index contributed by atoms with van der Waals surface area (Å²) in [6, 6.07) is 10.2. The topological polar surface area (TPSA) is 41.6 Å². The van der Waals surface area contributed by atoms with Crippen LogP contribution in [0.3, 0.4) is 0 Å². The van der Waals surface area contributed by atoms with E-state index in [0.717, 1.165) is 32.6 Å². The van der Waals surface area contributed by atoms with Crippen molar-refractivity contribution in [3.05, 3.63) is 52.2 Å². The lowest BCUT2D eigenvalue weighted by atomic mass is 10.3. The molecule has 0 bridgehead atoms. The minimum atomic E-state index is 0.834. The largest absolute Gasteiger partial charge is 0.333 e. The quantitative estimate of drug-likeness (QED) is 0.533. The number of fused-ring (bicyclic) bond motifs is 1. The van der Waals surface area contributed by atoms with Gasteiger partial charge in [-0.3, -0.25) is 0 Å². The number of aromatic amines is 1. The van der Waals surface area contributed by atoms with Gasteiger partial charge in [0.1, 0.15) is 5.01 Å². The number of thioether (sulfide) groups is 1. The molecule has 21 heavy (non-hydrogen) atoms. The fraction of sp³-hybridized carbons (Fsp3) is 0.0667. The first-order chi connectivity index (χ1) is 10.4. The highest BCUT2D eigenvalue weighted by Gasteiger charge is 2.07. The zero-order chi connectivity index (χ0) is 14.1. The minimum Gasteiger partial charge on any atom is -0.333 e. The van der Waals surface area contributed by atoms with Crippen molar-refractivity contribution in [3.8, 4) is 10.6 Å². The number of aromatic nitrogens is 3. The summed E-state index contributed by atoms with van der Waals surface area (Å²) in [4.78, 5) is 12.6. The second kappa shape index (κ2) is 5.63. The smallest absolute Gasteiger partial charge is 0.166 e. The highest BCUT2D eigenvalue weighted by atomic mass is 32.2. The number of benzene rings is 1. The van der Waals surface area contributed by atoms with Crippen LogP contribution >= 0.6 is 34.4 Å². The lowest BCUT2D eigenvalue weighted by Gasteiger charge is -1.93. The van der Waals surface area contributed by atoms with Crippen LogP contribution in [0, 0.1) is 0 Å². The van der Waals surface area contributed by atoms with Gasteiger partial charge in [-0.25, -0.2) is 9.97 Å². The Kier molecular flexibility index (Phi) is 3.50. The molecule has 0 unspecified atom stereocenters. The predicted octanol–water partition coefficient (Wildman–Crippen LogP) is 5.04. The molecule has 6 heteroatoms. The van der Waals surface area contributed by atoms with Crippen molar-refractivity contribution in [2.24, 2.45) is 0 Å². The van der Waals surface area contributed by atoms with Crippen LogP contribution in [-0.2, 0) is 5.75 Å². The Hall–Kier alpha value is -1.63. The van der Waals surface area contributed by atoms with Crippen LogP contribution < -0.4 is 0 Å². The van der Waals surface area contributed by atoms with Gasteiger partial charge < -0.3 is 4.98 Å². The third-order valence-electron chi connectivity index (χ3n) is 3.04. The molecule has 3 nitrogen and oxygen atoms in total. The van der Waals surface area contributed by atoms with Crippen LogP contribution in [0.4, 0.5) is 0 Å². The molecule has 4 rings (SSSR count). The number of rotatable bonds is 4. The Bertz CT molecular complexity index is 828. The molecule has 0 saturated heterocycles.